The van der Waals surface area contributed by atoms with Crippen LogP contribution in [0.1, 0.15) is 25.0 Å². The molecule has 1 aliphatic heterocycles. The average Bonchev–Trinajstić information content (AvgIpc) is 3.54. The number of nitrogens with zero attached hydrogens (tertiary/aromatic N) is 2. The Bertz CT molecular complexity index is 2140. The van der Waals surface area contributed by atoms with Gasteiger partial charge in [-0.2, -0.15) is 0 Å². The van der Waals surface area contributed by atoms with Crippen molar-refractivity contribution < 1.29 is 0 Å². The smallest absolute Gasteiger partial charge is 0.131 e. The van der Waals surface area contributed by atoms with Crippen LogP contribution in [-0.4, -0.2) is 9.13 Å². The van der Waals surface area contributed by atoms with Gasteiger partial charge >= 0.3 is 0 Å². The van der Waals surface area contributed by atoms with Crippen LogP contribution in [0.2, 0.25) is 0 Å². The molecular weight excluding hydrogens is 480 g/mol. The maximum absolute atomic E-state index is 2.51. The van der Waals surface area contributed by atoms with E-state index in [1.54, 1.807) is 0 Å². The molecule has 0 saturated carbocycles. The van der Waals surface area contributed by atoms with Gasteiger partial charge in [-0.3, -0.25) is 9.13 Å². The third-order valence-corrected chi connectivity index (χ3v) is 9.82. The molecule has 5 aromatic carbocycles. The maximum Gasteiger partial charge on any atom is 0.131 e. The molecule has 9 rings (SSSR count). The lowest BCUT2D eigenvalue weighted by Crippen LogP contribution is -2.15. The van der Waals surface area contributed by atoms with Crippen LogP contribution in [0.3, 0.4) is 0 Å². The van der Waals surface area contributed by atoms with Crippen LogP contribution >= 0.6 is 11.8 Å². The minimum absolute atomic E-state index is 0.0431. The van der Waals surface area contributed by atoms with E-state index >= 15 is 0 Å². The summed E-state index contributed by atoms with van der Waals surface area (Å²) >= 11 is 1.88. The van der Waals surface area contributed by atoms with Gasteiger partial charge in [0.1, 0.15) is 5.65 Å². The van der Waals surface area contributed by atoms with E-state index < -0.39 is 0 Å². The first-order chi connectivity index (χ1) is 18.6. The van der Waals surface area contributed by atoms with E-state index in [0.29, 0.717) is 0 Å². The van der Waals surface area contributed by atoms with E-state index in [4.69, 9.17) is 0 Å². The topological polar surface area (TPSA) is 9.86 Å². The molecule has 2 aliphatic rings. The van der Waals surface area contributed by atoms with Gasteiger partial charge in [-0.1, -0.05) is 98.4 Å². The first-order valence-corrected chi connectivity index (χ1v) is 14.0. The van der Waals surface area contributed by atoms with Crippen molar-refractivity contribution in [2.24, 2.45) is 0 Å². The van der Waals surface area contributed by atoms with Crippen LogP contribution in [0.5, 0.6) is 0 Å². The minimum Gasteiger partial charge on any atom is -0.295 e. The second-order valence-corrected chi connectivity index (χ2v) is 12.1. The fourth-order valence-electron chi connectivity index (χ4n) is 7.02. The number of para-hydroxylation sites is 3. The molecule has 0 radical (unpaired) electrons. The summed E-state index contributed by atoms with van der Waals surface area (Å²) in [6.07, 6.45) is 0. The number of benzene rings is 5. The van der Waals surface area contributed by atoms with E-state index in [-0.39, 0.29) is 5.41 Å². The predicted octanol–water partition coefficient (Wildman–Crippen LogP) is 9.50. The molecule has 0 spiro atoms. The molecule has 0 saturated heterocycles. The summed E-state index contributed by atoms with van der Waals surface area (Å²) in [5, 5.41) is 3.96. The molecule has 0 atom stereocenters. The van der Waals surface area contributed by atoms with Crippen LogP contribution in [-0.2, 0) is 5.41 Å². The van der Waals surface area contributed by atoms with Gasteiger partial charge in [0.25, 0.3) is 0 Å². The van der Waals surface area contributed by atoms with Gasteiger partial charge in [0, 0.05) is 37.1 Å². The van der Waals surface area contributed by atoms with Crippen LogP contribution in [0.4, 0.5) is 0 Å². The Labute approximate surface area is 225 Å². The van der Waals surface area contributed by atoms with Gasteiger partial charge in [0.2, 0.25) is 0 Å². The predicted molar refractivity (Wildman–Crippen MR) is 159 cm³/mol. The molecule has 3 heterocycles. The first-order valence-electron chi connectivity index (χ1n) is 13.2. The molecule has 1 aliphatic carbocycles. The van der Waals surface area contributed by atoms with E-state index in [0.717, 1.165) is 0 Å². The fraction of sp³-hybridized carbons (Fsp3) is 0.0857. The monoisotopic (exact) mass is 504 g/mol. The van der Waals surface area contributed by atoms with Crippen LogP contribution in [0, 0.1) is 0 Å². The molecule has 0 N–H and O–H groups in total. The average molecular weight is 505 g/mol. The van der Waals surface area contributed by atoms with E-state index in [2.05, 4.69) is 132 Å². The standard InChI is InChI=1S/C35H24N2S/c1-35(2)26-13-5-3-10-22(26)23-19-18-21(20-27(23)35)36-28-14-6-4-11-24(28)32-25-12-9-17-31-33(25)37(34(32)36)29-15-7-8-16-30(29)38-31/h3-20H,1-2H3. The number of rotatable bonds is 1. The van der Waals surface area contributed by atoms with Crippen LogP contribution < -0.4 is 0 Å². The van der Waals surface area contributed by atoms with Crippen molar-refractivity contribution in [2.45, 2.75) is 29.1 Å². The summed E-state index contributed by atoms with van der Waals surface area (Å²) < 4.78 is 5.01. The second kappa shape index (κ2) is 7.00. The van der Waals surface area contributed by atoms with Gasteiger partial charge in [0.05, 0.1) is 16.7 Å². The van der Waals surface area contributed by atoms with E-state index in [9.17, 15) is 0 Å². The van der Waals surface area contributed by atoms with Crippen molar-refractivity contribution in [3.8, 4) is 22.5 Å². The first kappa shape index (κ1) is 20.8. The molecule has 180 valence electrons. The molecule has 38 heavy (non-hydrogen) atoms. The zero-order chi connectivity index (χ0) is 25.2. The maximum atomic E-state index is 2.51. The van der Waals surface area contributed by atoms with Gasteiger partial charge in [0.15, 0.2) is 0 Å². The van der Waals surface area contributed by atoms with Crippen molar-refractivity contribution in [3.63, 3.8) is 0 Å². The Kier molecular flexibility index (Phi) is 3.83. The highest BCUT2D eigenvalue weighted by atomic mass is 32.2. The molecule has 2 aromatic heterocycles. The summed E-state index contributed by atoms with van der Waals surface area (Å²) in [7, 11) is 0. The summed E-state index contributed by atoms with van der Waals surface area (Å²) in [5.74, 6) is 0. The summed E-state index contributed by atoms with van der Waals surface area (Å²) in [5.41, 5.74) is 11.8. The SMILES string of the molecule is CC1(C)c2ccccc2-c2ccc(-n3c4ccccc4c4c5cccc6c5n(c43)-c3ccccc3S6)cc21. The van der Waals surface area contributed by atoms with Gasteiger partial charge in [-0.25, -0.2) is 0 Å². The fourth-order valence-corrected chi connectivity index (χ4v) is 8.11. The summed E-state index contributed by atoms with van der Waals surface area (Å²) in [6, 6.07) is 40.5. The number of hydrogen-bond donors (Lipinski definition) is 0. The Hall–Kier alpha value is -4.21. The highest BCUT2D eigenvalue weighted by Gasteiger charge is 2.36. The third kappa shape index (κ3) is 2.41. The van der Waals surface area contributed by atoms with Gasteiger partial charge in [-0.05, 0) is 58.7 Å². The van der Waals surface area contributed by atoms with Crippen molar-refractivity contribution in [1.29, 1.82) is 0 Å². The Morgan fingerprint density at radius 2 is 1.34 bits per heavy atom. The Morgan fingerprint density at radius 1 is 0.605 bits per heavy atom. The highest BCUT2D eigenvalue weighted by molar-refractivity contribution is 7.99. The molecule has 3 heteroatoms. The summed E-state index contributed by atoms with van der Waals surface area (Å²) in [4.78, 5) is 2.62. The molecule has 7 aromatic rings. The third-order valence-electron chi connectivity index (χ3n) is 8.70. The molecular formula is C35H24N2S. The number of aromatic nitrogens is 2. The lowest BCUT2D eigenvalue weighted by molar-refractivity contribution is 0.660. The zero-order valence-corrected chi connectivity index (χ0v) is 22.0. The largest absolute Gasteiger partial charge is 0.295 e. The van der Waals surface area contributed by atoms with Crippen molar-refractivity contribution >= 4 is 44.6 Å². The zero-order valence-electron chi connectivity index (χ0n) is 21.2. The van der Waals surface area contributed by atoms with Crippen LogP contribution in [0.25, 0.3) is 55.3 Å². The molecule has 0 unspecified atom stereocenters. The Morgan fingerprint density at radius 3 is 2.29 bits per heavy atom. The van der Waals surface area contributed by atoms with E-state index in [1.807, 2.05) is 11.8 Å². The number of fused-ring (bicyclic) bond motifs is 10. The molecule has 0 bridgehead atoms. The second-order valence-electron chi connectivity index (χ2n) is 11.0. The van der Waals surface area contributed by atoms with Crippen molar-refractivity contribution in [1.82, 2.24) is 9.13 Å². The van der Waals surface area contributed by atoms with Gasteiger partial charge < -0.3 is 0 Å². The van der Waals surface area contributed by atoms with Gasteiger partial charge in [-0.15, -0.1) is 0 Å². The summed E-state index contributed by atoms with van der Waals surface area (Å²) in [6.45, 7) is 4.72. The van der Waals surface area contributed by atoms with E-state index in [1.165, 1.54) is 76.3 Å². The normalized spacial score (nSPS) is 14.7. The molecule has 2 nitrogen and oxygen atoms in total. The van der Waals surface area contributed by atoms with Crippen molar-refractivity contribution in [3.05, 3.63) is 120 Å². The number of hydrogen-bond acceptors (Lipinski definition) is 1. The Balaban J connectivity index is 1.45. The van der Waals surface area contributed by atoms with Crippen molar-refractivity contribution in [2.75, 3.05) is 0 Å². The minimum atomic E-state index is -0.0431. The van der Waals surface area contributed by atoms with Crippen LogP contribution in [0.15, 0.2) is 119 Å². The lowest BCUT2D eigenvalue weighted by atomic mass is 9.82. The lowest BCUT2D eigenvalue weighted by Gasteiger charge is -2.23. The highest BCUT2D eigenvalue weighted by Crippen LogP contribution is 2.51. The quantitative estimate of drug-likeness (QED) is 0.216. The molecule has 0 fully saturated rings. The molecule has 0 amide bonds.